The SMILES string of the molecule is CCc1cc(OCCNC(C)=O)c(C(=O)O)s1. The molecule has 94 valence electrons. The van der Waals surface area contributed by atoms with Gasteiger partial charge in [0.1, 0.15) is 12.4 Å². The van der Waals surface area contributed by atoms with E-state index in [1.165, 1.54) is 18.3 Å². The maximum atomic E-state index is 11.0. The van der Waals surface area contributed by atoms with Crippen molar-refractivity contribution in [1.29, 1.82) is 0 Å². The molecule has 0 aromatic carbocycles. The fraction of sp³-hybridized carbons (Fsp3) is 0.455. The topological polar surface area (TPSA) is 75.6 Å². The van der Waals surface area contributed by atoms with Crippen LogP contribution in [0.3, 0.4) is 0 Å². The summed E-state index contributed by atoms with van der Waals surface area (Å²) in [5, 5.41) is 11.6. The van der Waals surface area contributed by atoms with Crippen molar-refractivity contribution in [2.45, 2.75) is 20.3 Å². The number of hydrogen-bond donors (Lipinski definition) is 2. The van der Waals surface area contributed by atoms with E-state index in [2.05, 4.69) is 5.32 Å². The van der Waals surface area contributed by atoms with Gasteiger partial charge in [-0.2, -0.15) is 0 Å². The van der Waals surface area contributed by atoms with Crippen molar-refractivity contribution in [1.82, 2.24) is 5.32 Å². The second kappa shape index (κ2) is 6.24. The van der Waals surface area contributed by atoms with Crippen molar-refractivity contribution in [2.24, 2.45) is 0 Å². The van der Waals surface area contributed by atoms with Gasteiger partial charge in [-0.05, 0) is 12.5 Å². The summed E-state index contributed by atoms with van der Waals surface area (Å²) < 4.78 is 5.35. The number of rotatable bonds is 6. The van der Waals surface area contributed by atoms with Crippen LogP contribution in [0.15, 0.2) is 6.07 Å². The summed E-state index contributed by atoms with van der Waals surface area (Å²) in [6.45, 7) is 4.01. The molecular weight excluding hydrogens is 242 g/mol. The first-order valence-electron chi connectivity index (χ1n) is 5.27. The van der Waals surface area contributed by atoms with E-state index in [4.69, 9.17) is 9.84 Å². The Hall–Kier alpha value is -1.56. The van der Waals surface area contributed by atoms with Crippen molar-refractivity contribution in [3.63, 3.8) is 0 Å². The molecular formula is C11H15NO4S. The molecule has 2 N–H and O–H groups in total. The zero-order chi connectivity index (χ0) is 12.8. The minimum Gasteiger partial charge on any atom is -0.490 e. The third-order valence-electron chi connectivity index (χ3n) is 2.03. The fourth-order valence-electron chi connectivity index (χ4n) is 1.24. The van der Waals surface area contributed by atoms with E-state index in [0.29, 0.717) is 12.3 Å². The van der Waals surface area contributed by atoms with Crippen LogP contribution >= 0.6 is 11.3 Å². The minimum atomic E-state index is -0.982. The monoisotopic (exact) mass is 257 g/mol. The first-order valence-corrected chi connectivity index (χ1v) is 6.09. The molecule has 0 aliphatic heterocycles. The van der Waals surface area contributed by atoms with Crippen LogP contribution in [0.5, 0.6) is 5.75 Å². The average Bonchev–Trinajstić information content (AvgIpc) is 2.67. The van der Waals surface area contributed by atoms with Crippen molar-refractivity contribution in [3.05, 3.63) is 15.8 Å². The van der Waals surface area contributed by atoms with Gasteiger partial charge >= 0.3 is 5.97 Å². The number of aromatic carboxylic acids is 1. The van der Waals surface area contributed by atoms with Crippen LogP contribution < -0.4 is 10.1 Å². The average molecular weight is 257 g/mol. The van der Waals surface area contributed by atoms with Gasteiger partial charge in [-0.3, -0.25) is 4.79 Å². The molecule has 0 aliphatic rings. The molecule has 1 amide bonds. The lowest BCUT2D eigenvalue weighted by molar-refractivity contribution is -0.119. The lowest BCUT2D eigenvalue weighted by atomic mass is 10.3. The quantitative estimate of drug-likeness (QED) is 0.758. The molecule has 17 heavy (non-hydrogen) atoms. The summed E-state index contributed by atoms with van der Waals surface area (Å²) in [7, 11) is 0. The third-order valence-corrected chi connectivity index (χ3v) is 3.27. The van der Waals surface area contributed by atoms with Gasteiger partial charge in [0.2, 0.25) is 5.91 Å². The van der Waals surface area contributed by atoms with E-state index < -0.39 is 5.97 Å². The van der Waals surface area contributed by atoms with Crippen molar-refractivity contribution < 1.29 is 19.4 Å². The molecule has 0 aliphatic carbocycles. The van der Waals surface area contributed by atoms with Gasteiger partial charge in [-0.25, -0.2) is 4.79 Å². The lowest BCUT2D eigenvalue weighted by Crippen LogP contribution is -2.25. The van der Waals surface area contributed by atoms with Crippen LogP contribution in [0.2, 0.25) is 0 Å². The number of carbonyl (C=O) groups excluding carboxylic acids is 1. The summed E-state index contributed by atoms with van der Waals surface area (Å²) in [5.41, 5.74) is 0. The normalized spacial score (nSPS) is 10.0. The molecule has 0 spiro atoms. The maximum Gasteiger partial charge on any atom is 0.349 e. The maximum absolute atomic E-state index is 11.0. The fourth-order valence-corrected chi connectivity index (χ4v) is 2.12. The number of aryl methyl sites for hydroxylation is 1. The van der Waals surface area contributed by atoms with Crippen LogP contribution in [0.1, 0.15) is 28.4 Å². The van der Waals surface area contributed by atoms with E-state index in [1.807, 2.05) is 6.92 Å². The summed E-state index contributed by atoms with van der Waals surface area (Å²) in [4.78, 5) is 22.8. The van der Waals surface area contributed by atoms with Crippen molar-refractivity contribution >= 4 is 23.2 Å². The van der Waals surface area contributed by atoms with E-state index in [0.717, 1.165) is 11.3 Å². The van der Waals surface area contributed by atoms with Crippen molar-refractivity contribution in [2.75, 3.05) is 13.2 Å². The van der Waals surface area contributed by atoms with Crippen LogP contribution in [-0.2, 0) is 11.2 Å². The third kappa shape index (κ3) is 4.07. The Balaban J connectivity index is 2.59. The Labute approximate surface area is 103 Å². The van der Waals surface area contributed by atoms with Gasteiger partial charge in [-0.15, -0.1) is 11.3 Å². The number of amides is 1. The molecule has 0 bridgehead atoms. The summed E-state index contributed by atoms with van der Waals surface area (Å²) in [6, 6.07) is 1.74. The Morgan fingerprint density at radius 3 is 2.76 bits per heavy atom. The highest BCUT2D eigenvalue weighted by Crippen LogP contribution is 2.29. The molecule has 0 fully saturated rings. The zero-order valence-corrected chi connectivity index (χ0v) is 10.6. The predicted octanol–water partition coefficient (Wildman–Crippen LogP) is 1.52. The van der Waals surface area contributed by atoms with Gasteiger partial charge in [0, 0.05) is 11.8 Å². The molecule has 0 unspecified atom stereocenters. The number of thiophene rings is 1. The molecule has 0 saturated heterocycles. The van der Waals surface area contributed by atoms with E-state index >= 15 is 0 Å². The van der Waals surface area contributed by atoms with Crippen LogP contribution in [0.4, 0.5) is 0 Å². The van der Waals surface area contributed by atoms with E-state index in [9.17, 15) is 9.59 Å². The van der Waals surface area contributed by atoms with Gasteiger partial charge in [0.15, 0.2) is 4.88 Å². The van der Waals surface area contributed by atoms with Gasteiger partial charge in [0.05, 0.1) is 6.54 Å². The number of carbonyl (C=O) groups is 2. The standard InChI is InChI=1S/C11H15NO4S/c1-3-8-6-9(10(17-8)11(14)15)16-5-4-12-7(2)13/h6H,3-5H2,1-2H3,(H,12,13)(H,14,15). The minimum absolute atomic E-state index is 0.133. The number of hydrogen-bond acceptors (Lipinski definition) is 4. The van der Waals surface area contributed by atoms with Gasteiger partial charge < -0.3 is 15.2 Å². The molecule has 1 aromatic heterocycles. The lowest BCUT2D eigenvalue weighted by Gasteiger charge is -2.05. The second-order valence-electron chi connectivity index (χ2n) is 3.40. The molecule has 1 rings (SSSR count). The van der Waals surface area contributed by atoms with E-state index in [-0.39, 0.29) is 17.4 Å². The first kappa shape index (κ1) is 13.5. The largest absolute Gasteiger partial charge is 0.490 e. The highest BCUT2D eigenvalue weighted by molar-refractivity contribution is 7.14. The molecule has 0 saturated carbocycles. The number of carboxylic acid groups (broad SMARTS) is 1. The number of carboxylic acids is 1. The Morgan fingerprint density at radius 1 is 1.53 bits per heavy atom. The smallest absolute Gasteiger partial charge is 0.349 e. The van der Waals surface area contributed by atoms with Crippen molar-refractivity contribution in [3.8, 4) is 5.75 Å². The highest BCUT2D eigenvalue weighted by Gasteiger charge is 2.15. The highest BCUT2D eigenvalue weighted by atomic mass is 32.1. The van der Waals surface area contributed by atoms with Crippen LogP contribution in [0.25, 0.3) is 0 Å². The van der Waals surface area contributed by atoms with E-state index in [1.54, 1.807) is 6.07 Å². The second-order valence-corrected chi connectivity index (χ2v) is 4.53. The summed E-state index contributed by atoms with van der Waals surface area (Å²) >= 11 is 1.22. The molecule has 0 atom stereocenters. The zero-order valence-electron chi connectivity index (χ0n) is 9.78. The van der Waals surface area contributed by atoms with Gasteiger partial charge in [-0.1, -0.05) is 6.92 Å². The Kier molecular flexibility index (Phi) is 4.96. The number of ether oxygens (including phenoxy) is 1. The number of nitrogens with one attached hydrogen (secondary N) is 1. The van der Waals surface area contributed by atoms with Crippen LogP contribution in [0, 0.1) is 0 Å². The molecule has 1 aromatic rings. The summed E-state index contributed by atoms with van der Waals surface area (Å²) in [5.74, 6) is -0.736. The Bertz CT molecular complexity index is 414. The molecule has 5 nitrogen and oxygen atoms in total. The predicted molar refractivity (Wildman–Crippen MR) is 64.8 cm³/mol. The molecule has 6 heteroatoms. The van der Waals surface area contributed by atoms with Gasteiger partial charge in [0.25, 0.3) is 0 Å². The molecule has 0 radical (unpaired) electrons. The molecule has 1 heterocycles. The first-order chi connectivity index (χ1) is 8.04. The summed E-state index contributed by atoms with van der Waals surface area (Å²) in [6.07, 6.45) is 0.778. The Morgan fingerprint density at radius 2 is 2.24 bits per heavy atom. The van der Waals surface area contributed by atoms with Crippen LogP contribution in [-0.4, -0.2) is 30.1 Å².